The summed E-state index contributed by atoms with van der Waals surface area (Å²) >= 11 is 0. The van der Waals surface area contributed by atoms with Crippen LogP contribution >= 0.6 is 0 Å². The third-order valence-corrected chi connectivity index (χ3v) is 3.73. The van der Waals surface area contributed by atoms with Gasteiger partial charge in [0.25, 0.3) is 0 Å². The van der Waals surface area contributed by atoms with E-state index in [0.29, 0.717) is 6.04 Å². The molecular weight excluding hydrogens is 212 g/mol. The van der Waals surface area contributed by atoms with E-state index in [-0.39, 0.29) is 5.60 Å². The molecule has 1 unspecified atom stereocenters. The van der Waals surface area contributed by atoms with Gasteiger partial charge in [0.15, 0.2) is 0 Å². The molecule has 0 aliphatic carbocycles. The Morgan fingerprint density at radius 3 is 2.71 bits per heavy atom. The van der Waals surface area contributed by atoms with Gasteiger partial charge in [0.05, 0.1) is 5.60 Å². The lowest BCUT2D eigenvalue weighted by molar-refractivity contribution is 0.0207. The summed E-state index contributed by atoms with van der Waals surface area (Å²) in [5.41, 5.74) is -0.0462. The second-order valence-electron chi connectivity index (χ2n) is 5.81. The molecule has 102 valence electrons. The van der Waals surface area contributed by atoms with Gasteiger partial charge in [-0.15, -0.1) is 0 Å². The van der Waals surface area contributed by atoms with Crippen LogP contribution in [0.3, 0.4) is 0 Å². The van der Waals surface area contributed by atoms with Crippen LogP contribution in [-0.4, -0.2) is 49.8 Å². The molecule has 1 fully saturated rings. The van der Waals surface area contributed by atoms with Crippen molar-refractivity contribution in [2.45, 2.75) is 58.1 Å². The summed E-state index contributed by atoms with van der Waals surface area (Å²) in [5, 5.41) is 3.66. The third kappa shape index (κ3) is 5.84. The van der Waals surface area contributed by atoms with Crippen LogP contribution in [0, 0.1) is 0 Å². The van der Waals surface area contributed by atoms with Gasteiger partial charge in [0, 0.05) is 19.7 Å². The van der Waals surface area contributed by atoms with E-state index in [4.69, 9.17) is 4.74 Å². The predicted octanol–water partition coefficient (Wildman–Crippen LogP) is 2.27. The van der Waals surface area contributed by atoms with Crippen molar-refractivity contribution in [1.82, 2.24) is 10.2 Å². The highest BCUT2D eigenvalue weighted by molar-refractivity contribution is 4.79. The fourth-order valence-electron chi connectivity index (χ4n) is 2.36. The maximum atomic E-state index is 5.45. The first-order chi connectivity index (χ1) is 8.07. The fourth-order valence-corrected chi connectivity index (χ4v) is 2.36. The van der Waals surface area contributed by atoms with E-state index >= 15 is 0 Å². The molecule has 1 N–H and O–H groups in total. The number of nitrogens with zero attached hydrogens (tertiary/aromatic N) is 1. The average Bonchev–Trinajstić information content (AvgIpc) is 2.53. The van der Waals surface area contributed by atoms with Crippen LogP contribution in [0.15, 0.2) is 0 Å². The topological polar surface area (TPSA) is 24.5 Å². The Kier molecular flexibility index (Phi) is 6.45. The van der Waals surface area contributed by atoms with Crippen molar-refractivity contribution in [3.8, 4) is 0 Å². The number of hydrogen-bond acceptors (Lipinski definition) is 3. The Bertz CT molecular complexity index is 206. The lowest BCUT2D eigenvalue weighted by Crippen LogP contribution is -2.42. The van der Waals surface area contributed by atoms with Crippen LogP contribution in [0.25, 0.3) is 0 Å². The standard InChI is InChI=1S/C14H30N2O/c1-5-9-16-10-6-7-13(8-11-16)15-12-14(2,3)17-4/h13,15H,5-12H2,1-4H3. The van der Waals surface area contributed by atoms with Crippen molar-refractivity contribution in [3.05, 3.63) is 0 Å². The molecule has 3 nitrogen and oxygen atoms in total. The summed E-state index contributed by atoms with van der Waals surface area (Å²) in [7, 11) is 1.79. The molecule has 0 aromatic carbocycles. The van der Waals surface area contributed by atoms with Gasteiger partial charge in [-0.25, -0.2) is 0 Å². The smallest absolute Gasteiger partial charge is 0.0746 e. The molecule has 1 saturated heterocycles. The molecular formula is C14H30N2O. The summed E-state index contributed by atoms with van der Waals surface area (Å²) in [6, 6.07) is 0.672. The molecule has 0 spiro atoms. The van der Waals surface area contributed by atoms with Gasteiger partial charge >= 0.3 is 0 Å². The normalized spacial score (nSPS) is 23.6. The van der Waals surface area contributed by atoms with Crippen LogP contribution in [0.2, 0.25) is 0 Å². The first-order valence-electron chi connectivity index (χ1n) is 7.08. The molecule has 1 heterocycles. The van der Waals surface area contributed by atoms with Crippen LogP contribution in [0.4, 0.5) is 0 Å². The molecule has 1 atom stereocenters. The summed E-state index contributed by atoms with van der Waals surface area (Å²) in [6.07, 6.45) is 5.18. The average molecular weight is 242 g/mol. The Labute approximate surface area is 107 Å². The minimum absolute atomic E-state index is 0.0462. The van der Waals surface area contributed by atoms with E-state index in [1.807, 2.05) is 0 Å². The Hall–Kier alpha value is -0.120. The van der Waals surface area contributed by atoms with E-state index in [1.165, 1.54) is 45.3 Å². The number of methoxy groups -OCH3 is 1. The van der Waals surface area contributed by atoms with Crippen LogP contribution in [-0.2, 0) is 4.74 Å². The van der Waals surface area contributed by atoms with Crippen molar-refractivity contribution >= 4 is 0 Å². The molecule has 3 heteroatoms. The third-order valence-electron chi connectivity index (χ3n) is 3.73. The Morgan fingerprint density at radius 1 is 1.29 bits per heavy atom. The number of nitrogens with one attached hydrogen (secondary N) is 1. The van der Waals surface area contributed by atoms with Crippen LogP contribution < -0.4 is 5.32 Å². The summed E-state index contributed by atoms with van der Waals surface area (Å²) < 4.78 is 5.45. The van der Waals surface area contributed by atoms with Gasteiger partial charge in [-0.1, -0.05) is 6.92 Å². The van der Waals surface area contributed by atoms with Crippen molar-refractivity contribution in [2.24, 2.45) is 0 Å². The van der Waals surface area contributed by atoms with Crippen molar-refractivity contribution < 1.29 is 4.74 Å². The predicted molar refractivity (Wildman–Crippen MR) is 73.5 cm³/mol. The van der Waals surface area contributed by atoms with Crippen molar-refractivity contribution in [3.63, 3.8) is 0 Å². The summed E-state index contributed by atoms with van der Waals surface area (Å²) in [5.74, 6) is 0. The molecule has 17 heavy (non-hydrogen) atoms. The minimum atomic E-state index is -0.0462. The van der Waals surface area contributed by atoms with E-state index in [2.05, 4.69) is 31.0 Å². The van der Waals surface area contributed by atoms with E-state index in [9.17, 15) is 0 Å². The number of hydrogen-bond donors (Lipinski definition) is 1. The van der Waals surface area contributed by atoms with Crippen molar-refractivity contribution in [1.29, 1.82) is 0 Å². The van der Waals surface area contributed by atoms with Gasteiger partial charge in [0.1, 0.15) is 0 Å². The molecule has 0 amide bonds. The second kappa shape index (κ2) is 7.34. The molecule has 1 aliphatic heterocycles. The van der Waals surface area contributed by atoms with Crippen LogP contribution in [0.5, 0.6) is 0 Å². The number of ether oxygens (including phenoxy) is 1. The highest BCUT2D eigenvalue weighted by atomic mass is 16.5. The summed E-state index contributed by atoms with van der Waals surface area (Å²) in [6.45, 7) is 11.3. The Morgan fingerprint density at radius 2 is 2.06 bits per heavy atom. The van der Waals surface area contributed by atoms with Crippen LogP contribution in [0.1, 0.15) is 46.5 Å². The quantitative estimate of drug-likeness (QED) is 0.773. The fraction of sp³-hybridized carbons (Fsp3) is 1.00. The van der Waals surface area contributed by atoms with Gasteiger partial charge in [-0.2, -0.15) is 0 Å². The Balaban J connectivity index is 2.27. The molecule has 0 radical (unpaired) electrons. The molecule has 0 bridgehead atoms. The molecule has 0 aromatic heterocycles. The molecule has 1 aliphatic rings. The lowest BCUT2D eigenvalue weighted by Gasteiger charge is -2.27. The first-order valence-corrected chi connectivity index (χ1v) is 7.08. The lowest BCUT2D eigenvalue weighted by atomic mass is 10.1. The van der Waals surface area contributed by atoms with Crippen molar-refractivity contribution in [2.75, 3.05) is 33.3 Å². The zero-order valence-electron chi connectivity index (χ0n) is 12.1. The number of likely N-dealkylation sites (tertiary alicyclic amines) is 1. The van der Waals surface area contributed by atoms with E-state index < -0.39 is 0 Å². The SMILES string of the molecule is CCCN1CCCC(NCC(C)(C)OC)CC1. The van der Waals surface area contributed by atoms with Gasteiger partial charge in [-0.05, 0) is 59.2 Å². The maximum absolute atomic E-state index is 5.45. The summed E-state index contributed by atoms with van der Waals surface area (Å²) in [4.78, 5) is 2.60. The highest BCUT2D eigenvalue weighted by Crippen LogP contribution is 2.13. The van der Waals surface area contributed by atoms with E-state index in [1.54, 1.807) is 7.11 Å². The minimum Gasteiger partial charge on any atom is -0.377 e. The highest BCUT2D eigenvalue weighted by Gasteiger charge is 2.20. The molecule has 0 saturated carbocycles. The van der Waals surface area contributed by atoms with Gasteiger partial charge in [0.2, 0.25) is 0 Å². The van der Waals surface area contributed by atoms with E-state index in [0.717, 1.165) is 6.54 Å². The monoisotopic (exact) mass is 242 g/mol. The van der Waals surface area contributed by atoms with Gasteiger partial charge in [-0.3, -0.25) is 0 Å². The largest absolute Gasteiger partial charge is 0.377 e. The first kappa shape index (κ1) is 14.9. The number of rotatable bonds is 6. The zero-order valence-corrected chi connectivity index (χ0v) is 12.1. The maximum Gasteiger partial charge on any atom is 0.0746 e. The van der Waals surface area contributed by atoms with Gasteiger partial charge < -0.3 is 15.0 Å². The molecule has 0 aromatic rings. The zero-order chi connectivity index (χ0) is 12.7. The molecule has 1 rings (SSSR count). The second-order valence-corrected chi connectivity index (χ2v) is 5.81.